The van der Waals surface area contributed by atoms with Crippen LogP contribution in [-0.4, -0.2) is 15.0 Å². The monoisotopic (exact) mass is 700 g/mol. The summed E-state index contributed by atoms with van der Waals surface area (Å²) < 4.78 is 91.6. The Hall–Kier alpha value is -7.37. The third kappa shape index (κ3) is 4.98. The molecule has 0 atom stereocenters. The molecule has 5 heteroatoms. The van der Waals surface area contributed by atoms with E-state index in [-0.39, 0.29) is 56.4 Å². The Kier molecular flexibility index (Phi) is 5.06. The molecule has 0 amide bonds. The van der Waals surface area contributed by atoms with Gasteiger partial charge in [-0.05, 0) is 70.0 Å². The first-order valence-electron chi connectivity index (χ1n) is 21.8. The average molecular weight is 701 g/mol. The van der Waals surface area contributed by atoms with Crippen molar-refractivity contribution in [2.24, 2.45) is 0 Å². The molecule has 0 aliphatic heterocycles. The zero-order valence-corrected chi connectivity index (χ0v) is 28.2. The largest absolute Gasteiger partial charge is 0.456 e. The van der Waals surface area contributed by atoms with Gasteiger partial charge in [0.05, 0.1) is 12.3 Å². The molecule has 0 radical (unpaired) electrons. The highest BCUT2D eigenvalue weighted by Crippen LogP contribution is 2.39. The number of rotatable bonds is 5. The molecular formula is C49H29N3O2. The molecule has 0 aliphatic carbocycles. The number of hydrogen-bond acceptors (Lipinski definition) is 5. The van der Waals surface area contributed by atoms with Crippen molar-refractivity contribution < 1.29 is 21.2 Å². The van der Waals surface area contributed by atoms with Crippen LogP contribution in [0.3, 0.4) is 0 Å². The number of aromatic nitrogens is 3. The lowest BCUT2D eigenvalue weighted by Gasteiger charge is -2.10. The van der Waals surface area contributed by atoms with Gasteiger partial charge in [-0.25, -0.2) is 15.0 Å². The molecule has 252 valence electrons. The van der Waals surface area contributed by atoms with E-state index in [1.165, 1.54) is 0 Å². The first kappa shape index (κ1) is 22.5. The summed E-state index contributed by atoms with van der Waals surface area (Å²) in [6, 6.07) is 34.6. The van der Waals surface area contributed by atoms with Gasteiger partial charge in [-0.1, -0.05) is 133 Å². The summed E-state index contributed by atoms with van der Waals surface area (Å²) in [7, 11) is 0. The molecule has 11 rings (SSSR count). The van der Waals surface area contributed by atoms with Gasteiger partial charge in [0.1, 0.15) is 22.3 Å². The molecule has 11 aromatic rings. The molecule has 0 bridgehead atoms. The van der Waals surface area contributed by atoms with Crippen molar-refractivity contribution in [3.8, 4) is 56.4 Å². The van der Waals surface area contributed by atoms with E-state index in [0.29, 0.717) is 39.7 Å². The van der Waals surface area contributed by atoms with Gasteiger partial charge in [-0.2, -0.15) is 0 Å². The summed E-state index contributed by atoms with van der Waals surface area (Å²) in [5.74, 6) is 1.12. The Bertz CT molecular complexity index is 3740. The second kappa shape index (κ2) is 12.1. The summed E-state index contributed by atoms with van der Waals surface area (Å²) in [6.07, 6.45) is 0. The van der Waals surface area contributed by atoms with Crippen molar-refractivity contribution in [1.82, 2.24) is 15.0 Å². The maximum absolute atomic E-state index is 9.38. The molecular weight excluding hydrogens is 663 g/mol. The van der Waals surface area contributed by atoms with Gasteiger partial charge in [0.15, 0.2) is 17.5 Å². The van der Waals surface area contributed by atoms with E-state index in [2.05, 4.69) is 18.2 Å². The van der Waals surface area contributed by atoms with Gasteiger partial charge in [0.25, 0.3) is 0 Å². The van der Waals surface area contributed by atoms with Crippen molar-refractivity contribution in [2.75, 3.05) is 0 Å². The summed E-state index contributed by atoms with van der Waals surface area (Å²) in [6.45, 7) is 0. The highest BCUT2D eigenvalue weighted by Gasteiger charge is 2.17. The quantitative estimate of drug-likeness (QED) is 0.179. The van der Waals surface area contributed by atoms with E-state index in [9.17, 15) is 2.74 Å². The smallest absolute Gasteiger partial charge is 0.164 e. The Morgan fingerprint density at radius 2 is 1.09 bits per heavy atom. The fourth-order valence-electron chi connectivity index (χ4n) is 7.04. The predicted octanol–water partition coefficient (Wildman–Crippen LogP) is 13.2. The van der Waals surface area contributed by atoms with E-state index < -0.39 is 36.3 Å². The predicted molar refractivity (Wildman–Crippen MR) is 219 cm³/mol. The minimum Gasteiger partial charge on any atom is -0.456 e. The normalized spacial score (nSPS) is 14.0. The van der Waals surface area contributed by atoms with Crippen LogP contribution in [0.1, 0.15) is 12.3 Å². The van der Waals surface area contributed by atoms with Crippen molar-refractivity contribution in [1.29, 1.82) is 0 Å². The molecule has 8 aromatic carbocycles. The fourth-order valence-corrected chi connectivity index (χ4v) is 7.04. The number of hydrogen-bond donors (Lipinski definition) is 0. The standard InChI is InChI=1S/C49H29N3O2/c1-3-11-30(12-4-1)37-19-10-20-42-45(37)41-26-23-36(29-44(41)53-42)49-51-47(32-14-5-2-6-15-32)50-48(52-49)35-17-9-16-33(27-35)34-22-24-39-40-25-21-31-13-7-8-18-38(31)46(40)54-43(39)28-34/h1-29H/i7D,8D,13D,18D,21D,22D,24D,25D,28D. The van der Waals surface area contributed by atoms with Crippen LogP contribution in [0.15, 0.2) is 185 Å². The lowest BCUT2D eigenvalue weighted by Crippen LogP contribution is -2.00. The Balaban J connectivity index is 1.08. The van der Waals surface area contributed by atoms with Gasteiger partial charge in [-0.3, -0.25) is 0 Å². The lowest BCUT2D eigenvalue weighted by molar-refractivity contribution is 0.669. The van der Waals surface area contributed by atoms with Gasteiger partial charge >= 0.3 is 0 Å². The second-order valence-electron chi connectivity index (χ2n) is 12.9. The highest BCUT2D eigenvalue weighted by atomic mass is 16.3. The second-order valence-corrected chi connectivity index (χ2v) is 12.9. The van der Waals surface area contributed by atoms with E-state index in [4.69, 9.17) is 33.4 Å². The minimum absolute atomic E-state index is 0.0555. The maximum atomic E-state index is 9.38. The first-order chi connectivity index (χ1) is 30.5. The maximum Gasteiger partial charge on any atom is 0.164 e. The number of fused-ring (bicyclic) bond motifs is 8. The average Bonchev–Trinajstić information content (AvgIpc) is 3.91. The van der Waals surface area contributed by atoms with Crippen LogP contribution in [0.25, 0.3) is 111 Å². The summed E-state index contributed by atoms with van der Waals surface area (Å²) in [5.41, 5.74) is 5.69. The summed E-state index contributed by atoms with van der Waals surface area (Å²) in [4.78, 5) is 14.8. The molecule has 54 heavy (non-hydrogen) atoms. The van der Waals surface area contributed by atoms with E-state index in [1.54, 1.807) is 24.3 Å². The summed E-state index contributed by atoms with van der Waals surface area (Å²) >= 11 is 0. The highest BCUT2D eigenvalue weighted by molar-refractivity contribution is 6.15. The Morgan fingerprint density at radius 1 is 0.407 bits per heavy atom. The van der Waals surface area contributed by atoms with Crippen LogP contribution in [-0.2, 0) is 0 Å². The lowest BCUT2D eigenvalue weighted by atomic mass is 9.99. The Morgan fingerprint density at radius 3 is 1.93 bits per heavy atom. The Labute approximate surface area is 322 Å². The van der Waals surface area contributed by atoms with Crippen molar-refractivity contribution >= 4 is 54.6 Å². The van der Waals surface area contributed by atoms with E-state index in [1.807, 2.05) is 78.9 Å². The first-order valence-corrected chi connectivity index (χ1v) is 17.3. The van der Waals surface area contributed by atoms with Crippen LogP contribution in [0.5, 0.6) is 0 Å². The molecule has 0 N–H and O–H groups in total. The number of nitrogens with zero attached hydrogens (tertiary/aromatic N) is 3. The third-order valence-corrected chi connectivity index (χ3v) is 9.60. The van der Waals surface area contributed by atoms with Crippen molar-refractivity contribution in [3.05, 3.63) is 176 Å². The molecule has 0 saturated heterocycles. The molecule has 0 aliphatic rings. The molecule has 0 saturated carbocycles. The topological polar surface area (TPSA) is 65.0 Å². The zero-order chi connectivity index (χ0) is 43.4. The number of furan rings is 2. The van der Waals surface area contributed by atoms with E-state index >= 15 is 0 Å². The van der Waals surface area contributed by atoms with Crippen LogP contribution in [0, 0.1) is 0 Å². The molecule has 3 aromatic heterocycles. The van der Waals surface area contributed by atoms with Crippen LogP contribution < -0.4 is 0 Å². The molecule has 0 unspecified atom stereocenters. The minimum atomic E-state index is -0.556. The number of benzene rings is 8. The molecule has 5 nitrogen and oxygen atoms in total. The van der Waals surface area contributed by atoms with Crippen LogP contribution >= 0.6 is 0 Å². The van der Waals surface area contributed by atoms with Crippen molar-refractivity contribution in [3.63, 3.8) is 0 Å². The van der Waals surface area contributed by atoms with Crippen LogP contribution in [0.2, 0.25) is 0 Å². The van der Waals surface area contributed by atoms with Gasteiger partial charge in [0, 0.05) is 43.6 Å². The van der Waals surface area contributed by atoms with Gasteiger partial charge in [0.2, 0.25) is 0 Å². The molecule has 3 heterocycles. The fraction of sp³-hybridized carbons (Fsp3) is 0. The molecule has 0 fully saturated rings. The van der Waals surface area contributed by atoms with Gasteiger partial charge < -0.3 is 8.83 Å². The van der Waals surface area contributed by atoms with Gasteiger partial charge in [-0.15, -0.1) is 0 Å². The van der Waals surface area contributed by atoms with Crippen molar-refractivity contribution in [2.45, 2.75) is 0 Å². The SMILES string of the molecule is [2H]c1c([2H])c([2H])c2c(c1[2H])c([2H])c([2H])c1c2oc2c([2H])c(-c3cccc(-c4nc(-c5ccccc5)nc(-c5ccc6c(c5)oc5cccc(-c7ccccc7)c56)n4)c3)c([2H])c([2H])c21. The zero-order valence-electron chi connectivity index (χ0n) is 37.2. The summed E-state index contributed by atoms with van der Waals surface area (Å²) in [5, 5.41) is 1.51. The third-order valence-electron chi connectivity index (χ3n) is 9.60. The van der Waals surface area contributed by atoms with E-state index in [0.717, 1.165) is 33.0 Å². The molecule has 0 spiro atoms. The van der Waals surface area contributed by atoms with Crippen LogP contribution in [0.4, 0.5) is 0 Å².